The summed E-state index contributed by atoms with van der Waals surface area (Å²) in [7, 11) is 0. The van der Waals surface area contributed by atoms with Crippen molar-refractivity contribution in [3.05, 3.63) is 29.6 Å². The van der Waals surface area contributed by atoms with Gasteiger partial charge in [0.25, 0.3) is 5.91 Å². The average molecular weight is 287 g/mol. The van der Waals surface area contributed by atoms with Crippen LogP contribution in [0.2, 0.25) is 0 Å². The van der Waals surface area contributed by atoms with Gasteiger partial charge in [0, 0.05) is 18.7 Å². The fourth-order valence-corrected chi connectivity index (χ4v) is 2.58. The Kier molecular flexibility index (Phi) is 3.92. The van der Waals surface area contributed by atoms with Gasteiger partial charge in [0.1, 0.15) is 12.4 Å². The van der Waals surface area contributed by atoms with Crippen molar-refractivity contribution >= 4 is 16.9 Å². The minimum Gasteiger partial charge on any atom is -0.372 e. The van der Waals surface area contributed by atoms with E-state index in [4.69, 9.17) is 4.74 Å². The van der Waals surface area contributed by atoms with Crippen LogP contribution in [0.3, 0.4) is 0 Å². The van der Waals surface area contributed by atoms with Crippen LogP contribution in [0.4, 0.5) is 0 Å². The first kappa shape index (κ1) is 14.1. The van der Waals surface area contributed by atoms with Crippen molar-refractivity contribution in [1.29, 1.82) is 0 Å². The first-order valence-electron chi connectivity index (χ1n) is 7.50. The quantitative estimate of drug-likeness (QED) is 0.939. The molecule has 1 aromatic carbocycles. The van der Waals surface area contributed by atoms with Gasteiger partial charge in [-0.1, -0.05) is 13.8 Å². The van der Waals surface area contributed by atoms with Gasteiger partial charge in [-0.15, -0.1) is 0 Å². The molecule has 0 spiro atoms. The largest absolute Gasteiger partial charge is 0.372 e. The van der Waals surface area contributed by atoms with Crippen molar-refractivity contribution in [2.75, 3.05) is 13.2 Å². The van der Waals surface area contributed by atoms with E-state index in [-0.39, 0.29) is 5.91 Å². The topological polar surface area (TPSA) is 56.2 Å². The number of hydrogen-bond acceptors (Lipinski definition) is 3. The Balaban J connectivity index is 1.79. The molecule has 1 amide bonds. The van der Waals surface area contributed by atoms with Crippen LogP contribution < -0.4 is 5.32 Å². The normalized spacial score (nSPS) is 14.4. The minimum absolute atomic E-state index is 0.0280. The molecule has 0 fully saturated rings. The number of hydrogen-bond donors (Lipinski definition) is 1. The number of nitrogens with one attached hydrogen (secondary N) is 1. The Bertz CT molecular complexity index is 661. The fourth-order valence-electron chi connectivity index (χ4n) is 2.58. The molecule has 1 aliphatic heterocycles. The Morgan fingerprint density at radius 3 is 3.14 bits per heavy atom. The molecule has 0 saturated carbocycles. The maximum absolute atomic E-state index is 12.1. The van der Waals surface area contributed by atoms with Crippen molar-refractivity contribution in [2.24, 2.45) is 5.92 Å². The van der Waals surface area contributed by atoms with Crippen LogP contribution in [-0.4, -0.2) is 28.6 Å². The summed E-state index contributed by atoms with van der Waals surface area (Å²) >= 11 is 0. The second-order valence-electron chi connectivity index (χ2n) is 5.87. The predicted molar refractivity (Wildman–Crippen MR) is 81.2 cm³/mol. The number of carbonyl (C=O) groups excluding carboxylic acids is 1. The molecule has 0 saturated heterocycles. The Morgan fingerprint density at radius 1 is 1.48 bits per heavy atom. The smallest absolute Gasteiger partial charge is 0.251 e. The number of benzene rings is 1. The Hall–Kier alpha value is -1.88. The summed E-state index contributed by atoms with van der Waals surface area (Å²) in [4.78, 5) is 16.7. The SMILES string of the molecule is CC(C)CCNC(=O)c1ccc2c(c1)nc1n2CCOC1. The van der Waals surface area contributed by atoms with Gasteiger partial charge in [-0.2, -0.15) is 0 Å². The van der Waals surface area contributed by atoms with Crippen molar-refractivity contribution in [3.8, 4) is 0 Å². The molecule has 0 atom stereocenters. The van der Waals surface area contributed by atoms with Crippen molar-refractivity contribution in [3.63, 3.8) is 0 Å². The summed E-state index contributed by atoms with van der Waals surface area (Å²) in [6.45, 7) is 7.10. The minimum atomic E-state index is -0.0280. The van der Waals surface area contributed by atoms with Gasteiger partial charge in [0.15, 0.2) is 0 Å². The molecule has 5 nitrogen and oxygen atoms in total. The van der Waals surface area contributed by atoms with E-state index in [2.05, 4.69) is 28.7 Å². The van der Waals surface area contributed by atoms with Gasteiger partial charge in [-0.3, -0.25) is 4.79 Å². The summed E-state index contributed by atoms with van der Waals surface area (Å²) in [6.07, 6.45) is 0.990. The van der Waals surface area contributed by atoms with E-state index in [1.165, 1.54) is 0 Å². The second-order valence-corrected chi connectivity index (χ2v) is 5.87. The molecule has 0 bridgehead atoms. The molecule has 0 aliphatic carbocycles. The average Bonchev–Trinajstić information content (AvgIpc) is 2.84. The fraction of sp³-hybridized carbons (Fsp3) is 0.500. The zero-order chi connectivity index (χ0) is 14.8. The molecule has 3 rings (SSSR count). The third kappa shape index (κ3) is 2.93. The highest BCUT2D eigenvalue weighted by molar-refractivity contribution is 5.97. The number of aromatic nitrogens is 2. The standard InChI is InChI=1S/C16H21N3O2/c1-11(2)5-6-17-16(20)12-3-4-14-13(9-12)18-15-10-21-8-7-19(14)15/h3-4,9,11H,5-8,10H2,1-2H3,(H,17,20). The Morgan fingerprint density at radius 2 is 2.33 bits per heavy atom. The van der Waals surface area contributed by atoms with E-state index < -0.39 is 0 Å². The van der Waals surface area contributed by atoms with Crippen molar-refractivity contribution < 1.29 is 9.53 Å². The summed E-state index contributed by atoms with van der Waals surface area (Å²) in [5.74, 6) is 1.50. The zero-order valence-electron chi connectivity index (χ0n) is 12.6. The highest BCUT2D eigenvalue weighted by atomic mass is 16.5. The molecular weight excluding hydrogens is 266 g/mol. The number of carbonyl (C=O) groups is 1. The van der Waals surface area contributed by atoms with Crippen LogP contribution in [0.5, 0.6) is 0 Å². The van der Waals surface area contributed by atoms with Gasteiger partial charge in [0.2, 0.25) is 0 Å². The summed E-state index contributed by atoms with van der Waals surface area (Å²) in [5, 5.41) is 2.96. The lowest BCUT2D eigenvalue weighted by Gasteiger charge is -2.14. The molecule has 0 radical (unpaired) electrons. The molecule has 1 aromatic heterocycles. The molecule has 1 aliphatic rings. The van der Waals surface area contributed by atoms with E-state index in [9.17, 15) is 4.79 Å². The molecular formula is C16H21N3O2. The van der Waals surface area contributed by atoms with Gasteiger partial charge in [-0.25, -0.2) is 4.98 Å². The highest BCUT2D eigenvalue weighted by Gasteiger charge is 2.16. The molecule has 2 heterocycles. The van der Waals surface area contributed by atoms with E-state index >= 15 is 0 Å². The molecule has 1 N–H and O–H groups in total. The zero-order valence-corrected chi connectivity index (χ0v) is 12.6. The van der Waals surface area contributed by atoms with Gasteiger partial charge >= 0.3 is 0 Å². The lowest BCUT2D eigenvalue weighted by atomic mass is 10.1. The second kappa shape index (κ2) is 5.85. The van der Waals surface area contributed by atoms with Gasteiger partial charge in [0.05, 0.1) is 17.6 Å². The summed E-state index contributed by atoms with van der Waals surface area (Å²) in [6, 6.07) is 5.72. The van der Waals surface area contributed by atoms with Crippen LogP contribution in [0.1, 0.15) is 36.5 Å². The van der Waals surface area contributed by atoms with Crippen LogP contribution >= 0.6 is 0 Å². The Labute approximate surface area is 124 Å². The maximum Gasteiger partial charge on any atom is 0.251 e. The van der Waals surface area contributed by atoms with Crippen molar-refractivity contribution in [1.82, 2.24) is 14.9 Å². The first-order chi connectivity index (χ1) is 10.1. The lowest BCUT2D eigenvalue weighted by molar-refractivity contribution is 0.0830. The number of ether oxygens (including phenoxy) is 1. The van der Waals surface area contributed by atoms with Crippen molar-refractivity contribution in [2.45, 2.75) is 33.4 Å². The predicted octanol–water partition coefficient (Wildman–Crippen LogP) is 2.34. The van der Waals surface area contributed by atoms with E-state index in [0.717, 1.165) is 36.4 Å². The number of amides is 1. The molecule has 112 valence electrons. The van der Waals surface area contributed by atoms with Gasteiger partial charge in [-0.05, 0) is 30.5 Å². The summed E-state index contributed by atoms with van der Waals surface area (Å²) in [5.41, 5.74) is 2.61. The van der Waals surface area contributed by atoms with Crippen LogP contribution in [-0.2, 0) is 17.9 Å². The van der Waals surface area contributed by atoms with E-state index in [1.807, 2.05) is 18.2 Å². The number of fused-ring (bicyclic) bond motifs is 3. The third-order valence-corrected chi connectivity index (χ3v) is 3.79. The van der Waals surface area contributed by atoms with E-state index in [0.29, 0.717) is 24.6 Å². The summed E-state index contributed by atoms with van der Waals surface area (Å²) < 4.78 is 7.58. The maximum atomic E-state index is 12.1. The number of imidazole rings is 1. The van der Waals surface area contributed by atoms with E-state index in [1.54, 1.807) is 0 Å². The molecule has 21 heavy (non-hydrogen) atoms. The van der Waals surface area contributed by atoms with Crippen LogP contribution in [0.15, 0.2) is 18.2 Å². The third-order valence-electron chi connectivity index (χ3n) is 3.79. The number of rotatable bonds is 4. The lowest BCUT2D eigenvalue weighted by Crippen LogP contribution is -2.25. The monoisotopic (exact) mass is 287 g/mol. The molecule has 2 aromatic rings. The number of nitrogens with zero attached hydrogens (tertiary/aromatic N) is 2. The molecule has 0 unspecified atom stereocenters. The highest BCUT2D eigenvalue weighted by Crippen LogP contribution is 2.20. The first-order valence-corrected chi connectivity index (χ1v) is 7.50. The molecule has 5 heteroatoms. The van der Waals surface area contributed by atoms with Crippen LogP contribution in [0.25, 0.3) is 11.0 Å². The van der Waals surface area contributed by atoms with Gasteiger partial charge < -0.3 is 14.6 Å². The van der Waals surface area contributed by atoms with Crippen LogP contribution in [0, 0.1) is 5.92 Å².